The van der Waals surface area contributed by atoms with Gasteiger partial charge in [-0.3, -0.25) is 13.5 Å². The van der Waals surface area contributed by atoms with Crippen molar-refractivity contribution in [2.45, 2.75) is 5.92 Å². The number of benzene rings is 9. The number of fused-ring (bicyclic) bond motifs is 16. The minimum Gasteiger partial charge on any atom is -0.309 e. The van der Waals surface area contributed by atoms with Gasteiger partial charge in [-0.1, -0.05) is 109 Å². The predicted molar refractivity (Wildman–Crippen MR) is 260 cm³/mol. The zero-order valence-corrected chi connectivity index (χ0v) is 34.3. The standard InChI is InChI=1S/C57H35N7/c1-3-15-36(16-4-1)60-46-22-10-7-19-39(46)42-31-35(27-29-49(42)60)55-41-21-9-12-24-48(41)63-53-34-54-45(33-44(53)58-56(55)63)59-57-62(51-25-13-14-26-52(51)64(54)57)38-28-30-50-43(32-38)40-20-8-11-23-47(40)61(50)37-17-5-2-6-18-37/h1-34,55H. The third kappa shape index (κ3) is 4.44. The Kier molecular flexibility index (Phi) is 6.61. The maximum Gasteiger partial charge on any atom is 0.220 e. The van der Waals surface area contributed by atoms with Gasteiger partial charge in [0.1, 0.15) is 5.82 Å². The fraction of sp³-hybridized carbons (Fsp3) is 0.0175. The van der Waals surface area contributed by atoms with Crippen molar-refractivity contribution >= 4 is 82.5 Å². The molecule has 15 rings (SSSR count). The lowest BCUT2D eigenvalue weighted by Crippen LogP contribution is -2.01. The van der Waals surface area contributed by atoms with Crippen molar-refractivity contribution in [3.8, 4) is 22.7 Å². The maximum absolute atomic E-state index is 5.50. The van der Waals surface area contributed by atoms with E-state index in [0.717, 1.165) is 61.8 Å². The van der Waals surface area contributed by atoms with E-state index in [1.165, 1.54) is 60.4 Å². The lowest BCUT2D eigenvalue weighted by atomic mass is 9.91. The Morgan fingerprint density at radius 2 is 0.891 bits per heavy atom. The van der Waals surface area contributed by atoms with E-state index in [2.05, 4.69) is 229 Å². The molecule has 1 aliphatic rings. The largest absolute Gasteiger partial charge is 0.309 e. The molecule has 7 heteroatoms. The summed E-state index contributed by atoms with van der Waals surface area (Å²) in [4.78, 5) is 10.9. The van der Waals surface area contributed by atoms with Gasteiger partial charge in [-0.25, -0.2) is 9.97 Å². The van der Waals surface area contributed by atoms with Crippen LogP contribution in [-0.2, 0) is 0 Å². The molecule has 7 nitrogen and oxygen atoms in total. The van der Waals surface area contributed by atoms with Crippen LogP contribution in [0.15, 0.2) is 206 Å². The molecule has 5 aromatic heterocycles. The number of hydrogen-bond donors (Lipinski definition) is 0. The van der Waals surface area contributed by atoms with Crippen LogP contribution < -0.4 is 0 Å². The average Bonchev–Trinajstić information content (AvgIpc) is 4.18. The smallest absolute Gasteiger partial charge is 0.220 e. The molecule has 0 saturated carbocycles. The summed E-state index contributed by atoms with van der Waals surface area (Å²) in [6.07, 6.45) is 0. The third-order valence-electron chi connectivity index (χ3n) is 13.7. The van der Waals surface area contributed by atoms with Crippen molar-refractivity contribution in [2.75, 3.05) is 0 Å². The first-order chi connectivity index (χ1) is 31.8. The van der Waals surface area contributed by atoms with Crippen molar-refractivity contribution < 1.29 is 0 Å². The van der Waals surface area contributed by atoms with Crippen molar-refractivity contribution in [3.05, 3.63) is 223 Å². The highest BCUT2D eigenvalue weighted by molar-refractivity contribution is 6.11. The van der Waals surface area contributed by atoms with Crippen molar-refractivity contribution in [1.82, 2.24) is 32.6 Å². The van der Waals surface area contributed by atoms with Crippen LogP contribution in [0.5, 0.6) is 0 Å². The first kappa shape index (κ1) is 34.0. The SMILES string of the molecule is c1ccc(-n2c3ccccc3c3cc(C4c5ccccc5-n5c4nc4cc6nc7n(-c8ccc9c(c8)c8ccccc8n9-c8ccccc8)c8ccccc8n7c6cc45)ccc32)cc1. The Bertz CT molecular complexity index is 4250. The minimum atomic E-state index is -0.0356. The van der Waals surface area contributed by atoms with Crippen molar-refractivity contribution in [2.24, 2.45) is 0 Å². The molecule has 0 amide bonds. The van der Waals surface area contributed by atoms with Crippen LogP contribution >= 0.6 is 0 Å². The summed E-state index contributed by atoms with van der Waals surface area (Å²) < 4.78 is 11.8. The van der Waals surface area contributed by atoms with Gasteiger partial charge < -0.3 is 9.13 Å². The molecule has 0 radical (unpaired) electrons. The molecule has 9 aromatic carbocycles. The Labute approximate surface area is 365 Å². The molecule has 0 spiro atoms. The predicted octanol–water partition coefficient (Wildman–Crippen LogP) is 13.5. The fourth-order valence-corrected chi connectivity index (χ4v) is 11.1. The second kappa shape index (κ2) is 12.5. The molecule has 6 heterocycles. The van der Waals surface area contributed by atoms with Crippen LogP contribution in [0.4, 0.5) is 0 Å². The molecule has 0 bridgehead atoms. The van der Waals surface area contributed by atoms with E-state index >= 15 is 0 Å². The van der Waals surface area contributed by atoms with Gasteiger partial charge >= 0.3 is 0 Å². The third-order valence-corrected chi connectivity index (χ3v) is 13.7. The number of nitrogens with zero attached hydrogens (tertiary/aromatic N) is 7. The van der Waals surface area contributed by atoms with Crippen molar-refractivity contribution in [3.63, 3.8) is 0 Å². The maximum atomic E-state index is 5.50. The quantitative estimate of drug-likeness (QED) is 0.178. The Hall–Kier alpha value is -8.68. The summed E-state index contributed by atoms with van der Waals surface area (Å²) in [5, 5.41) is 4.90. The molecule has 1 unspecified atom stereocenters. The molecule has 0 saturated heterocycles. The van der Waals surface area contributed by atoms with Crippen LogP contribution in [0.3, 0.4) is 0 Å². The molecular weight excluding hydrogens is 783 g/mol. The molecular formula is C57H35N7. The number of rotatable bonds is 4. The van der Waals surface area contributed by atoms with Crippen molar-refractivity contribution in [1.29, 1.82) is 0 Å². The normalized spacial score (nSPS) is 13.8. The summed E-state index contributed by atoms with van der Waals surface area (Å²) in [5.41, 5.74) is 18.0. The molecule has 1 aliphatic heterocycles. The van der Waals surface area contributed by atoms with E-state index < -0.39 is 0 Å². The fourth-order valence-electron chi connectivity index (χ4n) is 11.1. The van der Waals surface area contributed by atoms with Gasteiger partial charge in [0.2, 0.25) is 5.78 Å². The van der Waals surface area contributed by atoms with Crippen LogP contribution in [0.1, 0.15) is 22.9 Å². The molecule has 14 aromatic rings. The van der Waals surface area contributed by atoms with E-state index in [4.69, 9.17) is 9.97 Å². The van der Waals surface area contributed by atoms with Crippen LogP contribution in [0, 0.1) is 0 Å². The van der Waals surface area contributed by atoms with Gasteiger partial charge in [0, 0.05) is 38.6 Å². The van der Waals surface area contributed by atoms with Gasteiger partial charge in [0.05, 0.1) is 66.8 Å². The molecule has 298 valence electrons. The minimum absolute atomic E-state index is 0.0356. The first-order valence-corrected chi connectivity index (χ1v) is 21.9. The molecule has 0 fully saturated rings. The van der Waals surface area contributed by atoms with E-state index in [1.54, 1.807) is 0 Å². The monoisotopic (exact) mass is 817 g/mol. The van der Waals surface area contributed by atoms with E-state index in [0.29, 0.717) is 0 Å². The second-order valence-corrected chi connectivity index (χ2v) is 17.1. The van der Waals surface area contributed by atoms with E-state index in [9.17, 15) is 0 Å². The van der Waals surface area contributed by atoms with Gasteiger partial charge in [-0.15, -0.1) is 0 Å². The molecule has 64 heavy (non-hydrogen) atoms. The van der Waals surface area contributed by atoms with Gasteiger partial charge in [0.15, 0.2) is 0 Å². The number of aromatic nitrogens is 7. The molecule has 0 N–H and O–H groups in total. The lowest BCUT2D eigenvalue weighted by Gasteiger charge is -2.12. The number of para-hydroxylation sites is 7. The highest BCUT2D eigenvalue weighted by Gasteiger charge is 2.34. The molecule has 0 aliphatic carbocycles. The first-order valence-electron chi connectivity index (χ1n) is 21.9. The van der Waals surface area contributed by atoms with Crippen LogP contribution in [0.25, 0.3) is 105 Å². The summed E-state index contributed by atoms with van der Waals surface area (Å²) >= 11 is 0. The van der Waals surface area contributed by atoms with Crippen LogP contribution in [-0.4, -0.2) is 32.6 Å². The highest BCUT2D eigenvalue weighted by Crippen LogP contribution is 2.46. The Morgan fingerprint density at radius 1 is 0.328 bits per heavy atom. The van der Waals surface area contributed by atoms with E-state index in [-0.39, 0.29) is 5.92 Å². The lowest BCUT2D eigenvalue weighted by molar-refractivity contribution is 0.911. The summed E-state index contributed by atoms with van der Waals surface area (Å²) in [5.74, 6) is 1.87. The number of hydrogen-bond acceptors (Lipinski definition) is 2. The highest BCUT2D eigenvalue weighted by atomic mass is 15.2. The van der Waals surface area contributed by atoms with Gasteiger partial charge in [0.25, 0.3) is 0 Å². The van der Waals surface area contributed by atoms with Gasteiger partial charge in [-0.05, 0) is 108 Å². The molecule has 1 atom stereocenters. The Morgan fingerprint density at radius 3 is 1.61 bits per heavy atom. The average molecular weight is 818 g/mol. The second-order valence-electron chi connectivity index (χ2n) is 17.1. The Balaban J connectivity index is 0.928. The van der Waals surface area contributed by atoms with Gasteiger partial charge in [-0.2, -0.15) is 0 Å². The summed E-state index contributed by atoms with van der Waals surface area (Å²) in [7, 11) is 0. The summed E-state index contributed by atoms with van der Waals surface area (Å²) in [6.45, 7) is 0. The zero-order chi connectivity index (χ0) is 41.6. The topological polar surface area (TPSA) is 49.9 Å². The van der Waals surface area contributed by atoms with E-state index in [1.807, 2.05) is 0 Å². The zero-order valence-electron chi connectivity index (χ0n) is 34.3. The number of imidazole rings is 3. The summed E-state index contributed by atoms with van der Waals surface area (Å²) in [6, 6.07) is 74.5. The van der Waals surface area contributed by atoms with Crippen LogP contribution in [0.2, 0.25) is 0 Å².